The molecular weight excluding hydrogens is 554 g/mol. The van der Waals surface area contributed by atoms with E-state index in [4.69, 9.17) is 32.7 Å². The predicted molar refractivity (Wildman–Crippen MR) is 153 cm³/mol. The van der Waals surface area contributed by atoms with E-state index in [1.54, 1.807) is 32.9 Å². The van der Waals surface area contributed by atoms with Crippen molar-refractivity contribution in [3.8, 4) is 0 Å². The average molecular weight is 592 g/mol. The summed E-state index contributed by atoms with van der Waals surface area (Å²) in [6, 6.07) is 8.10. The second kappa shape index (κ2) is 12.0. The molecule has 2 aromatic carbocycles. The molecule has 0 spiro atoms. The fourth-order valence-electron chi connectivity index (χ4n) is 5.77. The SMILES string of the molecule is CC(C)(C)OC(=O)C1CCCN1C(=O)c1cc(C2CC2)c(CN2CCOC(Cc3cc(Cl)cc(Cl)c3)C2)cc1F. The Balaban J connectivity index is 1.31. The molecule has 1 amide bonds. The molecule has 0 radical (unpaired) electrons. The number of amides is 1. The largest absolute Gasteiger partial charge is 0.458 e. The zero-order valence-corrected chi connectivity index (χ0v) is 24.9. The average Bonchev–Trinajstić information content (AvgIpc) is 3.57. The molecule has 6 nitrogen and oxygen atoms in total. The van der Waals surface area contributed by atoms with Crippen LogP contribution < -0.4 is 0 Å². The molecule has 2 saturated heterocycles. The summed E-state index contributed by atoms with van der Waals surface area (Å²) in [6.45, 7) is 8.42. The summed E-state index contributed by atoms with van der Waals surface area (Å²) >= 11 is 12.4. The fourth-order valence-corrected chi connectivity index (χ4v) is 6.34. The standard InChI is InChI=1S/C31H37Cl2FN2O4/c1-31(2,3)40-30(38)28-5-4-8-36(28)29(37)26-16-25(20-6-7-20)21(14-27(26)34)17-35-9-10-39-24(18-35)13-19-11-22(32)15-23(33)12-19/h11-12,14-16,20,24,28H,4-10,13,17-18H2,1-3H3. The van der Waals surface area contributed by atoms with Crippen molar-refractivity contribution in [1.29, 1.82) is 0 Å². The summed E-state index contributed by atoms with van der Waals surface area (Å²) < 4.78 is 27.1. The molecule has 40 heavy (non-hydrogen) atoms. The van der Waals surface area contributed by atoms with Crippen molar-refractivity contribution in [3.63, 3.8) is 0 Å². The summed E-state index contributed by atoms with van der Waals surface area (Å²) in [7, 11) is 0. The van der Waals surface area contributed by atoms with E-state index in [-0.39, 0.29) is 11.7 Å². The van der Waals surface area contributed by atoms with Crippen molar-refractivity contribution in [3.05, 3.63) is 68.4 Å². The van der Waals surface area contributed by atoms with Gasteiger partial charge in [-0.05, 0) is 106 Å². The maximum atomic E-state index is 15.6. The molecule has 0 aromatic heterocycles. The van der Waals surface area contributed by atoms with Gasteiger partial charge >= 0.3 is 5.97 Å². The number of rotatable bonds is 7. The van der Waals surface area contributed by atoms with Gasteiger partial charge in [-0.2, -0.15) is 0 Å². The van der Waals surface area contributed by atoms with Crippen LogP contribution in [0.3, 0.4) is 0 Å². The topological polar surface area (TPSA) is 59.1 Å². The second-order valence-electron chi connectivity index (χ2n) is 12.2. The Morgan fingerprint density at radius 1 is 1.05 bits per heavy atom. The molecule has 3 fully saturated rings. The highest BCUT2D eigenvalue weighted by atomic mass is 35.5. The first-order valence-electron chi connectivity index (χ1n) is 14.1. The highest BCUT2D eigenvalue weighted by Crippen LogP contribution is 2.43. The Kier molecular flexibility index (Phi) is 8.77. The minimum Gasteiger partial charge on any atom is -0.458 e. The van der Waals surface area contributed by atoms with Crippen LogP contribution in [0.2, 0.25) is 10.0 Å². The number of carbonyl (C=O) groups excluding carboxylic acids is 2. The molecule has 216 valence electrons. The maximum absolute atomic E-state index is 15.6. The minimum absolute atomic E-state index is 0.0293. The normalized spacial score (nSPS) is 22.0. The number of likely N-dealkylation sites (tertiary alicyclic amines) is 1. The molecule has 0 bridgehead atoms. The Labute approximate surface area is 245 Å². The van der Waals surface area contributed by atoms with Gasteiger partial charge in [0.05, 0.1) is 18.3 Å². The minimum atomic E-state index is -0.685. The zero-order valence-electron chi connectivity index (χ0n) is 23.4. The number of halogens is 3. The molecular formula is C31H37Cl2FN2O4. The van der Waals surface area contributed by atoms with Gasteiger partial charge in [0.2, 0.25) is 0 Å². The van der Waals surface area contributed by atoms with Gasteiger partial charge in [0.1, 0.15) is 17.5 Å². The van der Waals surface area contributed by atoms with Crippen LogP contribution in [-0.4, -0.2) is 65.7 Å². The molecule has 2 aliphatic heterocycles. The van der Waals surface area contributed by atoms with Crippen molar-refractivity contribution in [2.45, 2.75) is 83.1 Å². The van der Waals surface area contributed by atoms with Gasteiger partial charge in [-0.25, -0.2) is 9.18 Å². The quantitative estimate of drug-likeness (QED) is 0.349. The van der Waals surface area contributed by atoms with Crippen LogP contribution in [0.25, 0.3) is 0 Å². The van der Waals surface area contributed by atoms with Crippen molar-refractivity contribution in [2.24, 2.45) is 0 Å². The van der Waals surface area contributed by atoms with E-state index in [9.17, 15) is 9.59 Å². The molecule has 9 heteroatoms. The van der Waals surface area contributed by atoms with Crippen LogP contribution >= 0.6 is 23.2 Å². The molecule has 2 heterocycles. The molecule has 2 atom stereocenters. The molecule has 1 saturated carbocycles. The Morgan fingerprint density at radius 2 is 1.77 bits per heavy atom. The Morgan fingerprint density at radius 3 is 2.45 bits per heavy atom. The van der Waals surface area contributed by atoms with Crippen LogP contribution in [0.1, 0.15) is 79.4 Å². The first-order valence-corrected chi connectivity index (χ1v) is 14.9. The highest BCUT2D eigenvalue weighted by Gasteiger charge is 2.39. The smallest absolute Gasteiger partial charge is 0.329 e. The number of carbonyl (C=O) groups is 2. The maximum Gasteiger partial charge on any atom is 0.329 e. The molecule has 2 unspecified atom stereocenters. The monoisotopic (exact) mass is 590 g/mol. The van der Waals surface area contributed by atoms with Crippen LogP contribution in [0.15, 0.2) is 30.3 Å². The van der Waals surface area contributed by atoms with Gasteiger partial charge in [-0.3, -0.25) is 9.69 Å². The van der Waals surface area contributed by atoms with E-state index in [0.717, 1.165) is 36.1 Å². The summed E-state index contributed by atoms with van der Waals surface area (Å²) in [6.07, 6.45) is 3.91. The molecule has 5 rings (SSSR count). The first kappa shape index (κ1) is 29.3. The van der Waals surface area contributed by atoms with Crippen molar-refractivity contribution >= 4 is 35.1 Å². The summed E-state index contributed by atoms with van der Waals surface area (Å²) in [5, 5.41) is 1.20. The number of benzene rings is 2. The van der Waals surface area contributed by atoms with Crippen molar-refractivity contribution < 1.29 is 23.5 Å². The lowest BCUT2D eigenvalue weighted by molar-refractivity contribution is -0.159. The first-order chi connectivity index (χ1) is 19.0. The lowest BCUT2D eigenvalue weighted by atomic mass is 9.97. The van der Waals surface area contributed by atoms with Crippen LogP contribution in [0.5, 0.6) is 0 Å². The predicted octanol–water partition coefficient (Wildman–Crippen LogP) is 6.40. The number of ether oxygens (including phenoxy) is 2. The molecule has 3 aliphatic rings. The molecule has 0 N–H and O–H groups in total. The summed E-state index contributed by atoms with van der Waals surface area (Å²) in [5.41, 5.74) is 2.35. The number of hydrogen-bond donors (Lipinski definition) is 0. The number of esters is 1. The second-order valence-corrected chi connectivity index (χ2v) is 13.1. The van der Waals surface area contributed by atoms with Gasteiger partial charge in [0.25, 0.3) is 5.91 Å². The number of morpholine rings is 1. The van der Waals surface area contributed by atoms with E-state index in [1.807, 2.05) is 12.1 Å². The van der Waals surface area contributed by atoms with Crippen LogP contribution in [-0.2, 0) is 27.2 Å². The lowest BCUT2D eigenvalue weighted by Gasteiger charge is -2.33. The van der Waals surface area contributed by atoms with Crippen molar-refractivity contribution in [1.82, 2.24) is 9.80 Å². The third-order valence-electron chi connectivity index (χ3n) is 7.67. The van der Waals surface area contributed by atoms with Crippen molar-refractivity contribution in [2.75, 3.05) is 26.2 Å². The Bertz CT molecular complexity index is 1260. The van der Waals surface area contributed by atoms with Gasteiger partial charge in [-0.1, -0.05) is 23.2 Å². The highest BCUT2D eigenvalue weighted by molar-refractivity contribution is 6.34. The molecule has 1 aliphatic carbocycles. The third kappa shape index (κ3) is 7.17. The molecule has 2 aromatic rings. The van der Waals surface area contributed by atoms with Crippen LogP contribution in [0, 0.1) is 5.82 Å². The van der Waals surface area contributed by atoms with Gasteiger partial charge in [-0.15, -0.1) is 0 Å². The fraction of sp³-hybridized carbons (Fsp3) is 0.548. The number of nitrogens with zero attached hydrogens (tertiary/aromatic N) is 2. The zero-order chi connectivity index (χ0) is 28.6. The summed E-state index contributed by atoms with van der Waals surface area (Å²) in [5.74, 6) is -1.09. The van der Waals surface area contributed by atoms with E-state index in [0.29, 0.717) is 61.5 Å². The van der Waals surface area contributed by atoms with E-state index in [2.05, 4.69) is 4.90 Å². The summed E-state index contributed by atoms with van der Waals surface area (Å²) in [4.78, 5) is 30.1. The Hall–Kier alpha value is -2.19. The number of hydrogen-bond acceptors (Lipinski definition) is 5. The van der Waals surface area contributed by atoms with E-state index >= 15 is 4.39 Å². The van der Waals surface area contributed by atoms with Gasteiger partial charge in [0, 0.05) is 36.2 Å². The van der Waals surface area contributed by atoms with Gasteiger partial charge < -0.3 is 14.4 Å². The van der Waals surface area contributed by atoms with E-state index < -0.39 is 29.3 Å². The lowest BCUT2D eigenvalue weighted by Crippen LogP contribution is -2.44. The van der Waals surface area contributed by atoms with Gasteiger partial charge in [0.15, 0.2) is 0 Å². The van der Waals surface area contributed by atoms with Crippen LogP contribution in [0.4, 0.5) is 4.39 Å². The van der Waals surface area contributed by atoms with E-state index in [1.165, 1.54) is 11.0 Å². The third-order valence-corrected chi connectivity index (χ3v) is 8.11.